The van der Waals surface area contributed by atoms with Crippen LogP contribution >= 0.6 is 0 Å². The zero-order valence-corrected chi connectivity index (χ0v) is 19.3. The molecule has 0 saturated carbocycles. The minimum atomic E-state index is -3.23. The summed E-state index contributed by atoms with van der Waals surface area (Å²) in [6.07, 6.45) is 4.58. The average molecular weight is 450 g/mol. The van der Waals surface area contributed by atoms with Gasteiger partial charge in [0.05, 0.1) is 18.8 Å². The Labute approximate surface area is 184 Å². The molecule has 0 atom stereocenters. The van der Waals surface area contributed by atoms with Gasteiger partial charge in [0.25, 0.3) is 5.91 Å². The second-order valence-corrected chi connectivity index (χ2v) is 11.2. The Balaban J connectivity index is 1.45. The highest BCUT2D eigenvalue weighted by Crippen LogP contribution is 2.52. The molecule has 0 radical (unpaired) electrons. The van der Waals surface area contributed by atoms with E-state index in [9.17, 15) is 18.0 Å². The molecule has 0 unspecified atom stereocenters. The highest BCUT2D eigenvalue weighted by atomic mass is 32.2. The maximum absolute atomic E-state index is 13.3. The van der Waals surface area contributed by atoms with E-state index < -0.39 is 15.4 Å². The fourth-order valence-electron chi connectivity index (χ4n) is 5.61. The number of carbonyl (C=O) groups is 2. The van der Waals surface area contributed by atoms with Gasteiger partial charge in [0.1, 0.15) is 5.75 Å². The minimum absolute atomic E-state index is 0.0168. The maximum Gasteiger partial charge on any atom is 0.253 e. The zero-order chi connectivity index (χ0) is 22.4. The van der Waals surface area contributed by atoms with E-state index in [1.807, 2.05) is 29.0 Å². The van der Waals surface area contributed by atoms with Crippen molar-refractivity contribution in [3.63, 3.8) is 0 Å². The lowest BCUT2D eigenvalue weighted by Gasteiger charge is -2.44. The Morgan fingerprint density at radius 2 is 1.71 bits per heavy atom. The SMILES string of the molecule is COc1cccc(C(=O)N2CCC3(CC2)CC2(CCN(S(C)(=O)=O)CC2)C(=O)N3C)c1. The first-order valence-corrected chi connectivity index (χ1v) is 12.6. The average Bonchev–Trinajstić information content (AvgIpc) is 2.95. The van der Waals surface area contributed by atoms with E-state index in [-0.39, 0.29) is 17.4 Å². The number of rotatable bonds is 3. The summed E-state index contributed by atoms with van der Waals surface area (Å²) in [7, 11) is 0.226. The van der Waals surface area contributed by atoms with Gasteiger partial charge in [0.15, 0.2) is 0 Å². The third-order valence-corrected chi connectivity index (χ3v) is 8.89. The normalized spacial score (nSPS) is 23.5. The lowest BCUT2D eigenvalue weighted by Crippen LogP contribution is -2.52. The predicted octanol–water partition coefficient (Wildman–Crippen LogP) is 1.57. The Morgan fingerprint density at radius 1 is 1.06 bits per heavy atom. The van der Waals surface area contributed by atoms with E-state index in [2.05, 4.69) is 0 Å². The van der Waals surface area contributed by atoms with Crippen LogP contribution in [0.1, 0.15) is 42.5 Å². The van der Waals surface area contributed by atoms with Crippen molar-refractivity contribution in [2.45, 2.75) is 37.6 Å². The molecule has 3 saturated heterocycles. The Bertz CT molecular complexity index is 977. The van der Waals surface area contributed by atoms with Crippen molar-refractivity contribution < 1.29 is 22.7 Å². The minimum Gasteiger partial charge on any atom is -0.497 e. The zero-order valence-electron chi connectivity index (χ0n) is 18.5. The predicted molar refractivity (Wildman–Crippen MR) is 116 cm³/mol. The van der Waals surface area contributed by atoms with E-state index in [0.29, 0.717) is 50.3 Å². The highest BCUT2D eigenvalue weighted by Gasteiger charge is 2.59. The molecule has 3 aliphatic rings. The summed E-state index contributed by atoms with van der Waals surface area (Å²) in [6.45, 7) is 1.99. The van der Waals surface area contributed by atoms with Gasteiger partial charge in [-0.15, -0.1) is 0 Å². The first-order valence-electron chi connectivity index (χ1n) is 10.8. The van der Waals surface area contributed by atoms with Crippen LogP contribution in [0.4, 0.5) is 0 Å². The van der Waals surface area contributed by atoms with Crippen molar-refractivity contribution in [3.8, 4) is 5.75 Å². The third-order valence-electron chi connectivity index (χ3n) is 7.58. The molecule has 0 N–H and O–H groups in total. The molecule has 3 heterocycles. The largest absolute Gasteiger partial charge is 0.497 e. The molecule has 170 valence electrons. The summed E-state index contributed by atoms with van der Waals surface area (Å²) in [6, 6.07) is 7.18. The molecule has 3 aliphatic heterocycles. The van der Waals surface area contributed by atoms with Gasteiger partial charge in [0, 0.05) is 44.3 Å². The standard InChI is InChI=1S/C22H31N3O5S/c1-23-20(27)21(7-13-25(14-8-21)31(3,28)29)16-22(23)9-11-24(12-10-22)19(26)17-5-4-6-18(15-17)30-2/h4-6,15H,7-14,16H2,1-3H3. The van der Waals surface area contributed by atoms with Crippen LogP contribution in [0.5, 0.6) is 5.75 Å². The molecule has 1 aromatic carbocycles. The molecule has 31 heavy (non-hydrogen) atoms. The smallest absolute Gasteiger partial charge is 0.253 e. The molecule has 9 heteroatoms. The van der Waals surface area contributed by atoms with Crippen LogP contribution in [0.15, 0.2) is 24.3 Å². The van der Waals surface area contributed by atoms with E-state index in [4.69, 9.17) is 4.74 Å². The molecule has 0 aliphatic carbocycles. The summed E-state index contributed by atoms with van der Waals surface area (Å²) in [5, 5.41) is 0. The van der Waals surface area contributed by atoms with Gasteiger partial charge in [-0.2, -0.15) is 0 Å². The maximum atomic E-state index is 13.3. The summed E-state index contributed by atoms with van der Waals surface area (Å²) in [5.74, 6) is 0.771. The molecule has 3 fully saturated rings. The number of nitrogens with zero attached hydrogens (tertiary/aromatic N) is 3. The number of hydrogen-bond donors (Lipinski definition) is 0. The number of ether oxygens (including phenoxy) is 1. The van der Waals surface area contributed by atoms with Gasteiger partial charge in [-0.1, -0.05) is 6.07 Å². The van der Waals surface area contributed by atoms with Crippen LogP contribution in [0.3, 0.4) is 0 Å². The lowest BCUT2D eigenvalue weighted by atomic mass is 9.71. The van der Waals surface area contributed by atoms with Crippen molar-refractivity contribution in [1.82, 2.24) is 14.1 Å². The fourth-order valence-corrected chi connectivity index (χ4v) is 6.45. The van der Waals surface area contributed by atoms with Crippen LogP contribution < -0.4 is 4.74 Å². The van der Waals surface area contributed by atoms with Crippen molar-refractivity contribution in [3.05, 3.63) is 29.8 Å². The second kappa shape index (κ2) is 7.78. The number of methoxy groups -OCH3 is 1. The fraction of sp³-hybridized carbons (Fsp3) is 0.636. The Kier molecular flexibility index (Phi) is 5.54. The molecule has 2 amide bonds. The summed E-state index contributed by atoms with van der Waals surface area (Å²) < 4.78 is 30.5. The summed E-state index contributed by atoms with van der Waals surface area (Å²) >= 11 is 0. The molecular formula is C22H31N3O5S. The van der Waals surface area contributed by atoms with Gasteiger partial charge in [-0.3, -0.25) is 9.59 Å². The third kappa shape index (κ3) is 3.82. The van der Waals surface area contributed by atoms with Crippen LogP contribution in [-0.4, -0.2) is 86.5 Å². The number of piperidine rings is 2. The van der Waals surface area contributed by atoms with Crippen molar-refractivity contribution in [2.24, 2.45) is 5.41 Å². The van der Waals surface area contributed by atoms with Crippen LogP contribution in [0.25, 0.3) is 0 Å². The molecule has 8 nitrogen and oxygen atoms in total. The summed E-state index contributed by atoms with van der Waals surface area (Å²) in [4.78, 5) is 30.0. The molecule has 0 bridgehead atoms. The summed E-state index contributed by atoms with van der Waals surface area (Å²) in [5.41, 5.74) is -0.125. The van der Waals surface area contributed by atoms with E-state index in [0.717, 1.165) is 19.3 Å². The van der Waals surface area contributed by atoms with E-state index in [1.54, 1.807) is 19.2 Å². The van der Waals surface area contributed by atoms with Gasteiger partial charge < -0.3 is 14.5 Å². The lowest BCUT2D eigenvalue weighted by molar-refractivity contribution is -0.138. The van der Waals surface area contributed by atoms with Crippen LogP contribution in [-0.2, 0) is 14.8 Å². The van der Waals surface area contributed by atoms with Gasteiger partial charge in [-0.25, -0.2) is 12.7 Å². The number of sulfonamides is 1. The first kappa shape index (κ1) is 22.1. The number of hydrogen-bond acceptors (Lipinski definition) is 5. The Morgan fingerprint density at radius 3 is 2.29 bits per heavy atom. The molecule has 4 rings (SSSR count). The quantitative estimate of drug-likeness (QED) is 0.699. The molecule has 1 aromatic rings. The van der Waals surface area contributed by atoms with Gasteiger partial charge >= 0.3 is 0 Å². The molecule has 0 aromatic heterocycles. The van der Waals surface area contributed by atoms with Crippen molar-refractivity contribution in [2.75, 3.05) is 46.6 Å². The van der Waals surface area contributed by atoms with E-state index >= 15 is 0 Å². The van der Waals surface area contributed by atoms with Crippen LogP contribution in [0.2, 0.25) is 0 Å². The van der Waals surface area contributed by atoms with Gasteiger partial charge in [-0.05, 0) is 50.3 Å². The Hall–Kier alpha value is -2.13. The monoisotopic (exact) mass is 449 g/mol. The van der Waals surface area contributed by atoms with Crippen molar-refractivity contribution >= 4 is 21.8 Å². The second-order valence-electron chi connectivity index (χ2n) is 9.23. The van der Waals surface area contributed by atoms with Crippen molar-refractivity contribution in [1.29, 1.82) is 0 Å². The van der Waals surface area contributed by atoms with E-state index in [1.165, 1.54) is 10.6 Å². The van der Waals surface area contributed by atoms with Gasteiger partial charge in [0.2, 0.25) is 15.9 Å². The number of benzene rings is 1. The molecule has 2 spiro atoms. The highest BCUT2D eigenvalue weighted by molar-refractivity contribution is 7.88. The molecular weight excluding hydrogens is 418 g/mol. The van der Waals surface area contributed by atoms with Crippen LogP contribution in [0, 0.1) is 5.41 Å². The number of carbonyl (C=O) groups excluding carboxylic acids is 2. The first-order chi connectivity index (χ1) is 14.6. The topological polar surface area (TPSA) is 87.2 Å². The number of likely N-dealkylation sites (tertiary alicyclic amines) is 2. The number of amides is 2.